The van der Waals surface area contributed by atoms with Gasteiger partial charge < -0.3 is 14.8 Å². The molecular formula is C14H14BrNO2S. The Morgan fingerprint density at radius 3 is 2.89 bits per heavy atom. The molecule has 3 rings (SSSR count). The van der Waals surface area contributed by atoms with E-state index < -0.39 is 0 Å². The van der Waals surface area contributed by atoms with Crippen LogP contribution in [0.3, 0.4) is 0 Å². The molecule has 5 heteroatoms. The minimum absolute atomic E-state index is 0.310. The van der Waals surface area contributed by atoms with Crippen LogP contribution in [-0.4, -0.2) is 6.79 Å². The lowest BCUT2D eigenvalue weighted by molar-refractivity contribution is 0.174. The maximum Gasteiger partial charge on any atom is 0.231 e. The number of benzene rings is 1. The molecule has 2 aromatic rings. The van der Waals surface area contributed by atoms with Gasteiger partial charge in [-0.25, -0.2) is 0 Å². The summed E-state index contributed by atoms with van der Waals surface area (Å²) in [4.78, 5) is 1.34. The van der Waals surface area contributed by atoms with Crippen LogP contribution in [-0.2, 0) is 6.54 Å². The summed E-state index contributed by atoms with van der Waals surface area (Å²) in [6.45, 7) is 3.27. The van der Waals surface area contributed by atoms with Crippen molar-refractivity contribution in [3.05, 3.63) is 44.6 Å². The second kappa shape index (κ2) is 5.53. The van der Waals surface area contributed by atoms with Gasteiger partial charge in [0.05, 0.1) is 0 Å². The number of ether oxygens (including phenoxy) is 2. The van der Waals surface area contributed by atoms with E-state index >= 15 is 0 Å². The molecule has 1 atom stereocenters. The van der Waals surface area contributed by atoms with Crippen LogP contribution in [0.25, 0.3) is 0 Å². The summed E-state index contributed by atoms with van der Waals surface area (Å²) in [6.07, 6.45) is 0. The number of hydrogen-bond donors (Lipinski definition) is 1. The molecule has 2 heterocycles. The number of thiophene rings is 1. The van der Waals surface area contributed by atoms with E-state index in [1.807, 2.05) is 12.1 Å². The quantitative estimate of drug-likeness (QED) is 0.909. The highest BCUT2D eigenvalue weighted by Gasteiger charge is 2.16. The second-order valence-electron chi connectivity index (χ2n) is 4.41. The van der Waals surface area contributed by atoms with Crippen molar-refractivity contribution in [1.82, 2.24) is 5.32 Å². The van der Waals surface area contributed by atoms with E-state index in [-0.39, 0.29) is 0 Å². The number of rotatable bonds is 4. The molecule has 1 N–H and O–H groups in total. The van der Waals surface area contributed by atoms with Gasteiger partial charge in [0.2, 0.25) is 6.79 Å². The van der Waals surface area contributed by atoms with Crippen LogP contribution in [0.4, 0.5) is 0 Å². The van der Waals surface area contributed by atoms with Gasteiger partial charge in [-0.1, -0.05) is 22.0 Å². The van der Waals surface area contributed by atoms with Crippen LogP contribution in [0, 0.1) is 0 Å². The lowest BCUT2D eigenvalue weighted by Crippen LogP contribution is -2.17. The molecule has 0 saturated carbocycles. The summed E-state index contributed by atoms with van der Waals surface area (Å²) >= 11 is 5.35. The molecule has 1 aliphatic rings. The molecule has 19 heavy (non-hydrogen) atoms. The molecule has 100 valence electrons. The Labute approximate surface area is 124 Å². The van der Waals surface area contributed by atoms with Gasteiger partial charge in [-0.3, -0.25) is 0 Å². The smallest absolute Gasteiger partial charge is 0.231 e. The fourth-order valence-corrected chi connectivity index (χ4v) is 3.22. The molecule has 0 radical (unpaired) electrons. The van der Waals surface area contributed by atoms with E-state index in [9.17, 15) is 0 Å². The van der Waals surface area contributed by atoms with Crippen LogP contribution in [0.15, 0.2) is 34.1 Å². The predicted octanol–water partition coefficient (Wildman–Crippen LogP) is 4.09. The first-order chi connectivity index (χ1) is 9.24. The molecule has 0 saturated heterocycles. The minimum Gasteiger partial charge on any atom is -0.454 e. The topological polar surface area (TPSA) is 30.5 Å². The van der Waals surface area contributed by atoms with Crippen molar-refractivity contribution in [3.63, 3.8) is 0 Å². The van der Waals surface area contributed by atoms with Crippen LogP contribution in [0.1, 0.15) is 23.4 Å². The Morgan fingerprint density at radius 1 is 1.37 bits per heavy atom. The van der Waals surface area contributed by atoms with Crippen molar-refractivity contribution in [3.8, 4) is 11.5 Å². The van der Waals surface area contributed by atoms with Crippen LogP contribution in [0.5, 0.6) is 11.5 Å². The molecule has 0 aliphatic carbocycles. The Bertz CT molecular complexity index is 571. The van der Waals surface area contributed by atoms with E-state index in [4.69, 9.17) is 9.47 Å². The maximum atomic E-state index is 5.40. The first-order valence-corrected chi connectivity index (χ1v) is 7.76. The highest BCUT2D eigenvalue weighted by Crippen LogP contribution is 2.37. The Hall–Kier alpha value is -1.04. The van der Waals surface area contributed by atoms with Gasteiger partial charge in [0.1, 0.15) is 0 Å². The largest absolute Gasteiger partial charge is 0.454 e. The van der Waals surface area contributed by atoms with E-state index in [1.54, 1.807) is 11.3 Å². The van der Waals surface area contributed by atoms with Gasteiger partial charge >= 0.3 is 0 Å². The normalized spacial score (nSPS) is 14.6. The summed E-state index contributed by atoms with van der Waals surface area (Å²) in [5.41, 5.74) is 1.17. The molecule has 0 bridgehead atoms. The van der Waals surface area contributed by atoms with Gasteiger partial charge in [0.25, 0.3) is 0 Å². The zero-order valence-corrected chi connectivity index (χ0v) is 12.9. The molecule has 1 aromatic heterocycles. The Morgan fingerprint density at radius 2 is 2.16 bits per heavy atom. The van der Waals surface area contributed by atoms with Crippen molar-refractivity contribution < 1.29 is 9.47 Å². The van der Waals surface area contributed by atoms with Gasteiger partial charge in [0.15, 0.2) is 11.5 Å². The van der Waals surface area contributed by atoms with E-state index in [0.717, 1.165) is 22.5 Å². The van der Waals surface area contributed by atoms with Crippen molar-refractivity contribution in [2.24, 2.45) is 0 Å². The highest BCUT2D eigenvalue weighted by molar-refractivity contribution is 9.10. The Balaban J connectivity index is 1.70. The fourth-order valence-electron chi connectivity index (χ4n) is 2.00. The SMILES string of the molecule is C[C@H](NCc1cc2c(cc1Br)OCO2)c1cccs1. The molecule has 0 spiro atoms. The van der Waals surface area contributed by atoms with Gasteiger partial charge in [-0.05, 0) is 36.1 Å². The van der Waals surface area contributed by atoms with Crippen molar-refractivity contribution in [2.45, 2.75) is 19.5 Å². The zero-order valence-electron chi connectivity index (χ0n) is 10.5. The van der Waals surface area contributed by atoms with E-state index in [1.165, 1.54) is 10.4 Å². The van der Waals surface area contributed by atoms with E-state index in [0.29, 0.717) is 12.8 Å². The molecule has 1 aliphatic heterocycles. The first kappa shape index (κ1) is 13.0. The first-order valence-electron chi connectivity index (χ1n) is 6.09. The van der Waals surface area contributed by atoms with E-state index in [2.05, 4.69) is 45.7 Å². The van der Waals surface area contributed by atoms with Crippen LogP contribution < -0.4 is 14.8 Å². The predicted molar refractivity (Wildman–Crippen MR) is 79.8 cm³/mol. The third-order valence-electron chi connectivity index (χ3n) is 3.11. The molecule has 0 amide bonds. The summed E-state index contributed by atoms with van der Waals surface area (Å²) in [5.74, 6) is 1.63. The van der Waals surface area contributed by atoms with Gasteiger partial charge in [-0.2, -0.15) is 0 Å². The van der Waals surface area contributed by atoms with Crippen molar-refractivity contribution in [2.75, 3.05) is 6.79 Å². The highest BCUT2D eigenvalue weighted by atomic mass is 79.9. The van der Waals surface area contributed by atoms with Crippen molar-refractivity contribution >= 4 is 27.3 Å². The molecule has 0 unspecified atom stereocenters. The van der Waals surface area contributed by atoms with Gasteiger partial charge in [-0.15, -0.1) is 11.3 Å². The minimum atomic E-state index is 0.310. The maximum absolute atomic E-state index is 5.40. The molecule has 0 fully saturated rings. The lowest BCUT2D eigenvalue weighted by Gasteiger charge is -2.13. The number of nitrogens with one attached hydrogen (secondary N) is 1. The Kier molecular flexibility index (Phi) is 3.77. The van der Waals surface area contributed by atoms with Crippen LogP contribution >= 0.6 is 27.3 Å². The fraction of sp³-hybridized carbons (Fsp3) is 0.286. The standard InChI is InChI=1S/C14H14BrNO2S/c1-9(14-3-2-4-19-14)16-7-10-5-12-13(6-11(10)15)18-8-17-12/h2-6,9,16H,7-8H2,1H3/t9-/m0/s1. The average Bonchev–Trinajstić information content (AvgIpc) is 3.06. The molecule has 1 aromatic carbocycles. The summed E-state index contributed by atoms with van der Waals surface area (Å²) in [5, 5.41) is 5.62. The third kappa shape index (κ3) is 2.78. The average molecular weight is 340 g/mol. The zero-order chi connectivity index (χ0) is 13.2. The number of fused-ring (bicyclic) bond motifs is 1. The number of hydrogen-bond acceptors (Lipinski definition) is 4. The second-order valence-corrected chi connectivity index (χ2v) is 6.25. The third-order valence-corrected chi connectivity index (χ3v) is 4.90. The monoisotopic (exact) mass is 339 g/mol. The molecular weight excluding hydrogens is 326 g/mol. The lowest BCUT2D eigenvalue weighted by atomic mass is 10.2. The summed E-state index contributed by atoms with van der Waals surface area (Å²) in [6, 6.07) is 8.57. The van der Waals surface area contributed by atoms with Crippen molar-refractivity contribution in [1.29, 1.82) is 0 Å². The summed E-state index contributed by atoms with van der Waals surface area (Å²) in [7, 11) is 0. The van der Waals surface area contributed by atoms with Gasteiger partial charge in [0, 0.05) is 21.9 Å². The van der Waals surface area contributed by atoms with Crippen LogP contribution in [0.2, 0.25) is 0 Å². The molecule has 3 nitrogen and oxygen atoms in total. The number of halogens is 1. The summed E-state index contributed by atoms with van der Waals surface area (Å²) < 4.78 is 11.8.